The number of aryl methyl sites for hydroxylation is 1. The van der Waals surface area contributed by atoms with E-state index in [0.717, 1.165) is 44.2 Å². The number of carbonyl (C=O) groups excluding carboxylic acids is 2. The Morgan fingerprint density at radius 2 is 1.89 bits per heavy atom. The molecule has 4 fully saturated rings. The van der Waals surface area contributed by atoms with Crippen molar-refractivity contribution in [1.29, 1.82) is 0 Å². The SMILES string of the molecule is CCn1nccc1C(=O)NCC1(c2cn3nc(C[C@H]4C[C@@H](C(F)(F)F)CNC4=O)c(N4CC5CCC(C4)O5)nc3n2)CCC(C)CC1. The van der Waals surface area contributed by atoms with E-state index in [4.69, 9.17) is 19.8 Å². The van der Waals surface area contributed by atoms with E-state index in [-0.39, 0.29) is 31.0 Å². The maximum atomic E-state index is 13.7. The van der Waals surface area contributed by atoms with Gasteiger partial charge in [0.2, 0.25) is 5.91 Å². The molecule has 3 aromatic rings. The number of fused-ring (bicyclic) bond motifs is 3. The second-order valence-electron chi connectivity index (χ2n) is 13.9. The molecule has 47 heavy (non-hydrogen) atoms. The van der Waals surface area contributed by atoms with Crippen LogP contribution in [-0.2, 0) is 27.9 Å². The molecule has 0 radical (unpaired) electrons. The zero-order chi connectivity index (χ0) is 32.9. The summed E-state index contributed by atoms with van der Waals surface area (Å²) in [6.45, 7) is 5.89. The Balaban J connectivity index is 1.23. The molecule has 3 saturated heterocycles. The fraction of sp³-hybridized carbons (Fsp3) is 0.688. The third kappa shape index (κ3) is 6.30. The molecular formula is C32H42F3N9O3. The van der Waals surface area contributed by atoms with Crippen LogP contribution < -0.4 is 15.5 Å². The highest BCUT2D eigenvalue weighted by molar-refractivity contribution is 5.92. The van der Waals surface area contributed by atoms with E-state index in [1.165, 1.54) is 0 Å². The lowest BCUT2D eigenvalue weighted by Crippen LogP contribution is -2.47. The van der Waals surface area contributed by atoms with Gasteiger partial charge < -0.3 is 20.3 Å². The van der Waals surface area contributed by atoms with Gasteiger partial charge in [0.15, 0.2) is 5.82 Å². The van der Waals surface area contributed by atoms with Crippen LogP contribution in [0, 0.1) is 17.8 Å². The first-order valence-corrected chi connectivity index (χ1v) is 16.8. The van der Waals surface area contributed by atoms with Gasteiger partial charge in [0, 0.05) is 56.7 Å². The molecule has 15 heteroatoms. The molecule has 2 bridgehead atoms. The number of halogens is 3. The van der Waals surface area contributed by atoms with Crippen LogP contribution in [0.5, 0.6) is 0 Å². The van der Waals surface area contributed by atoms with Crippen molar-refractivity contribution in [3.8, 4) is 0 Å². The highest BCUT2D eigenvalue weighted by atomic mass is 19.4. The van der Waals surface area contributed by atoms with Crippen LogP contribution in [0.1, 0.15) is 80.7 Å². The van der Waals surface area contributed by atoms with Crippen LogP contribution in [0.3, 0.4) is 0 Å². The van der Waals surface area contributed by atoms with Crippen molar-refractivity contribution in [1.82, 2.24) is 40.0 Å². The van der Waals surface area contributed by atoms with Gasteiger partial charge in [-0.1, -0.05) is 6.92 Å². The Morgan fingerprint density at radius 1 is 1.15 bits per heavy atom. The van der Waals surface area contributed by atoms with Gasteiger partial charge in [-0.15, -0.1) is 0 Å². The van der Waals surface area contributed by atoms with Gasteiger partial charge in [-0.05, 0) is 63.9 Å². The zero-order valence-corrected chi connectivity index (χ0v) is 26.8. The van der Waals surface area contributed by atoms with Gasteiger partial charge in [0.25, 0.3) is 11.7 Å². The third-order valence-corrected chi connectivity index (χ3v) is 10.7. The number of rotatable bonds is 8. The van der Waals surface area contributed by atoms with Gasteiger partial charge in [-0.2, -0.15) is 28.4 Å². The minimum Gasteiger partial charge on any atom is -0.371 e. The van der Waals surface area contributed by atoms with E-state index in [1.807, 2.05) is 13.1 Å². The van der Waals surface area contributed by atoms with Gasteiger partial charge in [0.1, 0.15) is 11.4 Å². The van der Waals surface area contributed by atoms with Gasteiger partial charge in [-0.3, -0.25) is 14.3 Å². The van der Waals surface area contributed by atoms with Crippen molar-refractivity contribution in [3.05, 3.63) is 35.5 Å². The summed E-state index contributed by atoms with van der Waals surface area (Å²) in [6.07, 6.45) is 4.34. The quantitative estimate of drug-likeness (QED) is 0.377. The molecule has 6 heterocycles. The second kappa shape index (κ2) is 12.4. The molecular weight excluding hydrogens is 615 g/mol. The van der Waals surface area contributed by atoms with E-state index in [1.54, 1.807) is 21.5 Å². The van der Waals surface area contributed by atoms with E-state index in [0.29, 0.717) is 55.1 Å². The van der Waals surface area contributed by atoms with Crippen molar-refractivity contribution >= 4 is 23.4 Å². The summed E-state index contributed by atoms with van der Waals surface area (Å²) in [5.74, 6) is -1.62. The van der Waals surface area contributed by atoms with E-state index in [9.17, 15) is 22.8 Å². The summed E-state index contributed by atoms with van der Waals surface area (Å²) in [6, 6.07) is 1.71. The summed E-state index contributed by atoms with van der Waals surface area (Å²) in [4.78, 5) is 38.1. The molecule has 1 aliphatic carbocycles. The number of morpholine rings is 1. The summed E-state index contributed by atoms with van der Waals surface area (Å²) in [7, 11) is 0. The number of imidazole rings is 1. The highest BCUT2D eigenvalue weighted by Crippen LogP contribution is 2.41. The number of nitrogens with one attached hydrogen (secondary N) is 2. The highest BCUT2D eigenvalue weighted by Gasteiger charge is 2.46. The number of alkyl halides is 3. The van der Waals surface area contributed by atoms with Crippen molar-refractivity contribution in [2.75, 3.05) is 31.1 Å². The molecule has 2 amide bonds. The van der Waals surface area contributed by atoms with E-state index < -0.39 is 35.9 Å². The summed E-state index contributed by atoms with van der Waals surface area (Å²) in [5, 5.41) is 14.7. The smallest absolute Gasteiger partial charge is 0.371 e. The van der Waals surface area contributed by atoms with Crippen molar-refractivity contribution in [3.63, 3.8) is 0 Å². The Labute approximate surface area is 270 Å². The summed E-state index contributed by atoms with van der Waals surface area (Å²) in [5.41, 5.74) is 1.29. The van der Waals surface area contributed by atoms with E-state index >= 15 is 0 Å². The van der Waals surface area contributed by atoms with Crippen molar-refractivity contribution in [2.45, 2.75) is 95.6 Å². The first-order valence-electron chi connectivity index (χ1n) is 16.8. The summed E-state index contributed by atoms with van der Waals surface area (Å²) < 4.78 is 50.3. The average Bonchev–Trinajstić information content (AvgIpc) is 3.79. The van der Waals surface area contributed by atoms with Crippen LogP contribution >= 0.6 is 0 Å². The Morgan fingerprint density at radius 3 is 2.60 bits per heavy atom. The molecule has 12 nitrogen and oxygen atoms in total. The molecule has 3 aliphatic heterocycles. The molecule has 2 unspecified atom stereocenters. The number of hydrogen-bond donors (Lipinski definition) is 2. The van der Waals surface area contributed by atoms with Crippen LogP contribution in [0.4, 0.5) is 19.0 Å². The van der Waals surface area contributed by atoms with Crippen LogP contribution in [0.25, 0.3) is 5.78 Å². The van der Waals surface area contributed by atoms with Crippen LogP contribution in [0.15, 0.2) is 18.5 Å². The maximum absolute atomic E-state index is 13.7. The molecule has 0 spiro atoms. The Bertz CT molecular complexity index is 1620. The number of nitrogens with zero attached hydrogens (tertiary/aromatic N) is 7. The lowest BCUT2D eigenvalue weighted by atomic mass is 9.69. The first-order chi connectivity index (χ1) is 22.5. The molecule has 0 aromatic carbocycles. The molecule has 254 valence electrons. The fourth-order valence-corrected chi connectivity index (χ4v) is 7.79. The molecule has 7 rings (SSSR count). The molecule has 2 N–H and O–H groups in total. The van der Waals surface area contributed by atoms with E-state index in [2.05, 4.69) is 27.6 Å². The number of anilines is 1. The standard InChI is InChI=1S/C32H42F3N9O3/c1-3-43-25(8-11-38-43)29(46)37-18-31(9-6-19(2)7-10-31)26-17-44-30(39-26)40-27(42-15-22-4-5-23(16-42)47-22)24(41-44)13-20-12-21(32(33,34)35)14-36-28(20)45/h8,11,17,19-23H,3-7,9-10,12-16,18H2,1-2H3,(H,36,45)(H,37,46)/t19?,20-,21-,22?,23?,31?/m1/s1. The zero-order valence-electron chi connectivity index (χ0n) is 26.8. The van der Waals surface area contributed by atoms with Crippen LogP contribution in [0.2, 0.25) is 0 Å². The fourth-order valence-electron chi connectivity index (χ4n) is 7.79. The number of aromatic nitrogens is 6. The Hall–Kier alpha value is -3.75. The summed E-state index contributed by atoms with van der Waals surface area (Å²) >= 11 is 0. The third-order valence-electron chi connectivity index (χ3n) is 10.7. The molecule has 3 aromatic heterocycles. The number of hydrogen-bond acceptors (Lipinski definition) is 8. The maximum Gasteiger partial charge on any atom is 0.393 e. The second-order valence-corrected chi connectivity index (χ2v) is 13.9. The number of carbonyl (C=O) groups is 2. The average molecular weight is 658 g/mol. The predicted octanol–water partition coefficient (Wildman–Crippen LogP) is 3.44. The monoisotopic (exact) mass is 657 g/mol. The van der Waals surface area contributed by atoms with Crippen molar-refractivity contribution in [2.24, 2.45) is 17.8 Å². The largest absolute Gasteiger partial charge is 0.393 e. The predicted molar refractivity (Wildman–Crippen MR) is 165 cm³/mol. The molecule has 4 aliphatic rings. The first kappa shape index (κ1) is 31.8. The minimum absolute atomic E-state index is 0.0285. The number of piperidine rings is 1. The van der Waals surface area contributed by atoms with Crippen LogP contribution in [-0.4, -0.2) is 85.7 Å². The van der Waals surface area contributed by atoms with Gasteiger partial charge >= 0.3 is 6.18 Å². The lowest BCUT2D eigenvalue weighted by Gasteiger charge is -2.38. The van der Waals surface area contributed by atoms with Gasteiger partial charge in [0.05, 0.1) is 30.0 Å². The topological polar surface area (TPSA) is 132 Å². The molecule has 1 saturated carbocycles. The number of amides is 2. The lowest BCUT2D eigenvalue weighted by molar-refractivity contribution is -0.183. The van der Waals surface area contributed by atoms with Crippen molar-refractivity contribution < 1.29 is 27.5 Å². The number of ether oxygens (including phenoxy) is 1. The Kier molecular flexibility index (Phi) is 8.37. The normalized spacial score (nSPS) is 29.7. The molecule has 4 atom stereocenters. The van der Waals surface area contributed by atoms with Gasteiger partial charge in [-0.25, -0.2) is 9.50 Å². The minimum atomic E-state index is -4.40.